The third-order valence-corrected chi connectivity index (χ3v) is 2.50. The second-order valence-corrected chi connectivity index (χ2v) is 3.80. The first-order chi connectivity index (χ1) is 8.25. The molecule has 4 nitrogen and oxygen atoms in total. The Balaban J connectivity index is 1.77. The van der Waals surface area contributed by atoms with Gasteiger partial charge in [-0.1, -0.05) is 36.4 Å². The van der Waals surface area contributed by atoms with Crippen molar-refractivity contribution in [1.82, 2.24) is 5.32 Å². The summed E-state index contributed by atoms with van der Waals surface area (Å²) in [5.41, 5.74) is 0.915. The average Bonchev–Trinajstić information content (AvgIpc) is 2.74. The van der Waals surface area contributed by atoms with Crippen LogP contribution in [0.4, 0.5) is 4.79 Å². The van der Waals surface area contributed by atoms with Crippen molar-refractivity contribution in [1.29, 1.82) is 0 Å². The number of benzene rings is 1. The Hall–Kier alpha value is -2.10. The van der Waals surface area contributed by atoms with Crippen LogP contribution in [-0.2, 0) is 16.1 Å². The van der Waals surface area contributed by atoms with Crippen molar-refractivity contribution in [3.63, 3.8) is 0 Å². The Kier molecular flexibility index (Phi) is 3.55. The molecular formula is C13H13NO3. The van der Waals surface area contributed by atoms with Crippen LogP contribution in [0.5, 0.6) is 0 Å². The van der Waals surface area contributed by atoms with Crippen LogP contribution in [0.25, 0.3) is 0 Å². The molecule has 1 aromatic rings. The van der Waals surface area contributed by atoms with E-state index in [2.05, 4.69) is 5.32 Å². The first-order valence-corrected chi connectivity index (χ1v) is 5.43. The third-order valence-electron chi connectivity index (χ3n) is 2.50. The lowest BCUT2D eigenvalue weighted by Crippen LogP contribution is -2.38. The highest BCUT2D eigenvalue weighted by Gasteiger charge is 2.21. The Labute approximate surface area is 99.3 Å². The van der Waals surface area contributed by atoms with Crippen molar-refractivity contribution in [3.05, 3.63) is 48.0 Å². The third kappa shape index (κ3) is 3.17. The Morgan fingerprint density at radius 1 is 1.35 bits per heavy atom. The number of rotatable bonds is 3. The van der Waals surface area contributed by atoms with Gasteiger partial charge in [-0.25, -0.2) is 4.79 Å². The molecule has 0 aromatic heterocycles. The van der Waals surface area contributed by atoms with E-state index in [0.717, 1.165) is 5.56 Å². The molecule has 17 heavy (non-hydrogen) atoms. The highest BCUT2D eigenvalue weighted by molar-refractivity contribution is 5.98. The van der Waals surface area contributed by atoms with Crippen LogP contribution in [0, 0.1) is 0 Å². The minimum Gasteiger partial charge on any atom is -0.445 e. The maximum Gasteiger partial charge on any atom is 0.408 e. The predicted octanol–water partition coefficient (Wildman–Crippen LogP) is 1.81. The van der Waals surface area contributed by atoms with Crippen LogP contribution in [0.2, 0.25) is 0 Å². The fourth-order valence-electron chi connectivity index (χ4n) is 1.59. The Morgan fingerprint density at radius 2 is 2.12 bits per heavy atom. The van der Waals surface area contributed by atoms with Gasteiger partial charge in [0.05, 0.1) is 6.04 Å². The number of nitrogens with one attached hydrogen (secondary N) is 1. The van der Waals surface area contributed by atoms with Gasteiger partial charge in [0.15, 0.2) is 5.78 Å². The van der Waals surface area contributed by atoms with Gasteiger partial charge < -0.3 is 10.1 Å². The van der Waals surface area contributed by atoms with E-state index in [1.807, 2.05) is 30.3 Å². The van der Waals surface area contributed by atoms with E-state index in [-0.39, 0.29) is 12.4 Å². The maximum atomic E-state index is 11.4. The molecule has 0 saturated heterocycles. The average molecular weight is 231 g/mol. The van der Waals surface area contributed by atoms with Crippen molar-refractivity contribution < 1.29 is 14.3 Å². The van der Waals surface area contributed by atoms with E-state index in [9.17, 15) is 9.59 Å². The zero-order valence-corrected chi connectivity index (χ0v) is 9.26. The van der Waals surface area contributed by atoms with E-state index in [1.54, 1.807) is 6.08 Å². The number of hydrogen-bond acceptors (Lipinski definition) is 3. The molecule has 1 N–H and O–H groups in total. The number of carbonyl (C=O) groups is 2. The number of ether oxygens (including phenoxy) is 1. The van der Waals surface area contributed by atoms with Gasteiger partial charge in [0.2, 0.25) is 0 Å². The zero-order chi connectivity index (χ0) is 12.1. The van der Waals surface area contributed by atoms with Crippen LogP contribution >= 0.6 is 0 Å². The summed E-state index contributed by atoms with van der Waals surface area (Å²) in [6.45, 7) is 0.209. The second-order valence-electron chi connectivity index (χ2n) is 3.80. The van der Waals surface area contributed by atoms with Crippen molar-refractivity contribution in [3.8, 4) is 0 Å². The summed E-state index contributed by atoms with van der Waals surface area (Å²) >= 11 is 0. The van der Waals surface area contributed by atoms with E-state index < -0.39 is 12.1 Å². The lowest BCUT2D eigenvalue weighted by molar-refractivity contribution is -0.115. The van der Waals surface area contributed by atoms with E-state index in [0.29, 0.717) is 6.42 Å². The highest BCUT2D eigenvalue weighted by atomic mass is 16.5. The summed E-state index contributed by atoms with van der Waals surface area (Å²) in [7, 11) is 0. The molecular weight excluding hydrogens is 218 g/mol. The summed E-state index contributed by atoms with van der Waals surface area (Å²) in [6.07, 6.45) is 3.20. The predicted molar refractivity (Wildman–Crippen MR) is 62.3 cm³/mol. The molecule has 0 bridgehead atoms. The molecule has 1 atom stereocenters. The Bertz CT molecular complexity index is 439. The summed E-state index contributed by atoms with van der Waals surface area (Å²) in [6, 6.07) is 8.93. The number of amides is 1. The summed E-state index contributed by atoms with van der Waals surface area (Å²) in [4.78, 5) is 22.6. The molecule has 0 saturated carbocycles. The first kappa shape index (κ1) is 11.4. The largest absolute Gasteiger partial charge is 0.445 e. The Morgan fingerprint density at radius 3 is 2.76 bits per heavy atom. The van der Waals surface area contributed by atoms with Gasteiger partial charge in [-0.3, -0.25) is 4.79 Å². The quantitative estimate of drug-likeness (QED) is 0.863. The van der Waals surface area contributed by atoms with Crippen LogP contribution in [0.1, 0.15) is 12.0 Å². The maximum absolute atomic E-state index is 11.4. The highest BCUT2D eigenvalue weighted by Crippen LogP contribution is 2.06. The molecule has 0 fully saturated rings. The lowest BCUT2D eigenvalue weighted by Gasteiger charge is -2.11. The molecule has 1 aromatic carbocycles. The minimum absolute atomic E-state index is 0.0818. The lowest BCUT2D eigenvalue weighted by atomic mass is 10.2. The van der Waals surface area contributed by atoms with Crippen LogP contribution in [-0.4, -0.2) is 17.9 Å². The number of hydrogen-bond donors (Lipinski definition) is 1. The molecule has 1 aliphatic carbocycles. The number of ketones is 1. The van der Waals surface area contributed by atoms with Gasteiger partial charge in [-0.05, 0) is 18.1 Å². The molecule has 1 unspecified atom stereocenters. The monoisotopic (exact) mass is 231 g/mol. The van der Waals surface area contributed by atoms with E-state index >= 15 is 0 Å². The topological polar surface area (TPSA) is 55.4 Å². The molecule has 88 valence electrons. The summed E-state index contributed by atoms with van der Waals surface area (Å²) in [5.74, 6) is -0.0818. The van der Waals surface area contributed by atoms with Crippen molar-refractivity contribution >= 4 is 11.9 Å². The smallest absolute Gasteiger partial charge is 0.408 e. The van der Waals surface area contributed by atoms with Crippen LogP contribution in [0.15, 0.2) is 42.5 Å². The molecule has 0 radical (unpaired) electrons. The second kappa shape index (κ2) is 5.30. The number of carbonyl (C=O) groups excluding carboxylic acids is 2. The fraction of sp³-hybridized carbons (Fsp3) is 0.231. The fourth-order valence-corrected chi connectivity index (χ4v) is 1.59. The summed E-state index contributed by atoms with van der Waals surface area (Å²) < 4.78 is 5.01. The van der Waals surface area contributed by atoms with Gasteiger partial charge in [0.1, 0.15) is 6.61 Å². The van der Waals surface area contributed by atoms with Crippen molar-refractivity contribution in [2.75, 3.05) is 0 Å². The first-order valence-electron chi connectivity index (χ1n) is 5.43. The van der Waals surface area contributed by atoms with Gasteiger partial charge >= 0.3 is 6.09 Å². The molecule has 1 aliphatic rings. The minimum atomic E-state index is -0.559. The van der Waals surface area contributed by atoms with Crippen molar-refractivity contribution in [2.24, 2.45) is 0 Å². The van der Waals surface area contributed by atoms with Crippen LogP contribution < -0.4 is 5.32 Å². The van der Waals surface area contributed by atoms with E-state index in [1.165, 1.54) is 6.08 Å². The van der Waals surface area contributed by atoms with Gasteiger partial charge in [-0.15, -0.1) is 0 Å². The number of alkyl carbamates (subject to hydrolysis) is 1. The van der Waals surface area contributed by atoms with E-state index in [4.69, 9.17) is 4.74 Å². The molecule has 2 rings (SSSR count). The summed E-state index contributed by atoms with van der Waals surface area (Å²) in [5, 5.41) is 2.53. The van der Waals surface area contributed by atoms with Gasteiger partial charge in [0.25, 0.3) is 0 Å². The molecule has 0 heterocycles. The van der Waals surface area contributed by atoms with Crippen molar-refractivity contribution in [2.45, 2.75) is 19.1 Å². The zero-order valence-electron chi connectivity index (χ0n) is 9.26. The van der Waals surface area contributed by atoms with Gasteiger partial charge in [-0.2, -0.15) is 0 Å². The molecule has 0 spiro atoms. The van der Waals surface area contributed by atoms with Gasteiger partial charge in [0, 0.05) is 0 Å². The SMILES string of the molecule is O=C(NC1CC=CC1=O)OCc1ccccc1. The molecule has 4 heteroatoms. The molecule has 1 amide bonds. The standard InChI is InChI=1S/C13H13NO3/c15-12-8-4-7-11(12)14-13(16)17-9-10-5-2-1-3-6-10/h1-6,8,11H,7,9H2,(H,14,16). The normalized spacial score (nSPS) is 18.1. The molecule has 0 aliphatic heterocycles. The van der Waals surface area contributed by atoms with Crippen LogP contribution in [0.3, 0.4) is 0 Å².